The van der Waals surface area contributed by atoms with Crippen molar-refractivity contribution >= 4 is 22.6 Å². The number of aromatic amines is 1. The number of nitrogens with one attached hydrogen (secondary N) is 1. The molecule has 0 bridgehead atoms. The number of carbonyl (C=O) groups is 1. The third kappa shape index (κ3) is 2.85. The predicted octanol–water partition coefficient (Wildman–Crippen LogP) is 2.45. The molecule has 24 heavy (non-hydrogen) atoms. The first-order valence-electron chi connectivity index (χ1n) is 8.30. The van der Waals surface area contributed by atoms with Crippen LogP contribution in [-0.4, -0.2) is 47.0 Å². The maximum atomic E-state index is 12.6. The molecular weight excluding hydrogens is 300 g/mol. The smallest absolute Gasteiger partial charge is 0.227 e. The third-order valence-electron chi connectivity index (χ3n) is 4.62. The lowest BCUT2D eigenvalue weighted by molar-refractivity contribution is -0.130. The lowest BCUT2D eigenvalue weighted by Crippen LogP contribution is -2.49. The van der Waals surface area contributed by atoms with Crippen LogP contribution in [0.25, 0.3) is 10.9 Å². The van der Waals surface area contributed by atoms with Gasteiger partial charge in [-0.2, -0.15) is 0 Å². The van der Waals surface area contributed by atoms with Crippen molar-refractivity contribution in [2.75, 3.05) is 31.1 Å². The zero-order chi connectivity index (χ0) is 16.4. The number of fused-ring (bicyclic) bond motifs is 1. The number of anilines is 1. The molecule has 0 spiro atoms. The highest BCUT2D eigenvalue weighted by atomic mass is 16.2. The SMILES string of the molecule is O=C(Cc1c[nH]c2ccccc12)N1CCN(c2ccccn2)CC1. The number of H-pyrrole nitrogens is 1. The second kappa shape index (κ2) is 6.35. The van der Waals surface area contributed by atoms with Crippen LogP contribution in [0.15, 0.2) is 54.9 Å². The quantitative estimate of drug-likeness (QED) is 0.806. The summed E-state index contributed by atoms with van der Waals surface area (Å²) in [4.78, 5) is 24.4. The summed E-state index contributed by atoms with van der Waals surface area (Å²) in [7, 11) is 0. The van der Waals surface area contributed by atoms with Crippen molar-refractivity contribution in [1.29, 1.82) is 0 Å². The number of pyridine rings is 1. The molecule has 122 valence electrons. The molecule has 0 saturated carbocycles. The van der Waals surface area contributed by atoms with E-state index in [0.717, 1.165) is 48.5 Å². The van der Waals surface area contributed by atoms with Crippen LogP contribution in [0.3, 0.4) is 0 Å². The highest BCUT2D eigenvalue weighted by Crippen LogP contribution is 2.19. The Morgan fingerprint density at radius 2 is 1.83 bits per heavy atom. The summed E-state index contributed by atoms with van der Waals surface area (Å²) in [5, 5.41) is 1.14. The number of carbonyl (C=O) groups excluding carboxylic acids is 1. The van der Waals surface area contributed by atoms with Crippen LogP contribution in [0.4, 0.5) is 5.82 Å². The van der Waals surface area contributed by atoms with Crippen LogP contribution in [0, 0.1) is 0 Å². The molecule has 1 aliphatic heterocycles. The van der Waals surface area contributed by atoms with Gasteiger partial charge in [0.05, 0.1) is 6.42 Å². The van der Waals surface area contributed by atoms with E-state index in [1.165, 1.54) is 0 Å². The Bertz CT molecular complexity index is 835. The molecule has 1 fully saturated rings. The van der Waals surface area contributed by atoms with E-state index in [1.54, 1.807) is 0 Å². The standard InChI is InChI=1S/C19H20N4O/c24-19(13-15-14-21-17-6-2-1-5-16(15)17)23-11-9-22(10-12-23)18-7-3-4-8-20-18/h1-8,14,21H,9-13H2. The number of hydrogen-bond donors (Lipinski definition) is 1. The second-order valence-corrected chi connectivity index (χ2v) is 6.09. The Kier molecular flexibility index (Phi) is 3.91. The Morgan fingerprint density at radius 1 is 1.04 bits per heavy atom. The molecule has 0 atom stereocenters. The summed E-state index contributed by atoms with van der Waals surface area (Å²) in [6.45, 7) is 3.16. The van der Waals surface area contributed by atoms with Gasteiger partial charge in [-0.3, -0.25) is 4.79 Å². The van der Waals surface area contributed by atoms with Gasteiger partial charge in [0, 0.05) is 49.5 Å². The van der Waals surface area contributed by atoms with Crippen LogP contribution in [0.2, 0.25) is 0 Å². The number of aromatic nitrogens is 2. The number of hydrogen-bond acceptors (Lipinski definition) is 3. The lowest BCUT2D eigenvalue weighted by Gasteiger charge is -2.35. The van der Waals surface area contributed by atoms with Gasteiger partial charge in [-0.05, 0) is 23.8 Å². The first-order chi connectivity index (χ1) is 11.8. The summed E-state index contributed by atoms with van der Waals surface area (Å²) in [6, 6.07) is 14.0. The number of amides is 1. The van der Waals surface area contributed by atoms with E-state index in [0.29, 0.717) is 6.42 Å². The summed E-state index contributed by atoms with van der Waals surface area (Å²) in [5.41, 5.74) is 2.16. The van der Waals surface area contributed by atoms with Crippen molar-refractivity contribution in [2.24, 2.45) is 0 Å². The molecule has 5 nitrogen and oxygen atoms in total. The monoisotopic (exact) mass is 320 g/mol. The molecule has 1 amide bonds. The molecule has 1 aromatic carbocycles. The zero-order valence-corrected chi connectivity index (χ0v) is 13.5. The third-order valence-corrected chi connectivity index (χ3v) is 4.62. The summed E-state index contributed by atoms with van der Waals surface area (Å²) < 4.78 is 0. The molecule has 5 heteroatoms. The Morgan fingerprint density at radius 3 is 2.62 bits per heavy atom. The van der Waals surface area contributed by atoms with E-state index in [2.05, 4.69) is 20.9 Å². The number of rotatable bonds is 3. The Balaban J connectivity index is 1.40. The Hall–Kier alpha value is -2.82. The average Bonchev–Trinajstić information content (AvgIpc) is 3.06. The highest BCUT2D eigenvalue weighted by molar-refractivity contribution is 5.89. The van der Waals surface area contributed by atoms with Gasteiger partial charge in [-0.1, -0.05) is 24.3 Å². The van der Waals surface area contributed by atoms with Gasteiger partial charge in [0.25, 0.3) is 0 Å². The maximum absolute atomic E-state index is 12.6. The van der Waals surface area contributed by atoms with Crippen LogP contribution in [-0.2, 0) is 11.2 Å². The summed E-state index contributed by atoms with van der Waals surface area (Å²) in [5.74, 6) is 1.18. The fourth-order valence-corrected chi connectivity index (χ4v) is 3.28. The second-order valence-electron chi connectivity index (χ2n) is 6.09. The molecule has 0 radical (unpaired) electrons. The van der Waals surface area contributed by atoms with Crippen molar-refractivity contribution in [1.82, 2.24) is 14.9 Å². The minimum absolute atomic E-state index is 0.195. The van der Waals surface area contributed by atoms with Crippen molar-refractivity contribution in [2.45, 2.75) is 6.42 Å². The van der Waals surface area contributed by atoms with E-state index < -0.39 is 0 Å². The van der Waals surface area contributed by atoms with Crippen LogP contribution in [0.1, 0.15) is 5.56 Å². The van der Waals surface area contributed by atoms with Gasteiger partial charge in [-0.25, -0.2) is 4.98 Å². The van der Waals surface area contributed by atoms with Crippen molar-refractivity contribution < 1.29 is 4.79 Å². The van der Waals surface area contributed by atoms with Crippen LogP contribution < -0.4 is 4.90 Å². The first-order valence-corrected chi connectivity index (χ1v) is 8.30. The molecule has 0 aliphatic carbocycles. The zero-order valence-electron chi connectivity index (χ0n) is 13.5. The van der Waals surface area contributed by atoms with Crippen molar-refractivity contribution in [3.63, 3.8) is 0 Å². The number of piperazine rings is 1. The van der Waals surface area contributed by atoms with Gasteiger partial charge in [0.2, 0.25) is 5.91 Å². The summed E-state index contributed by atoms with van der Waals surface area (Å²) >= 11 is 0. The van der Waals surface area contributed by atoms with E-state index in [4.69, 9.17) is 0 Å². The van der Waals surface area contributed by atoms with Gasteiger partial charge in [0.1, 0.15) is 5.82 Å². The number of nitrogens with zero attached hydrogens (tertiary/aromatic N) is 3. The Labute approximate surface area is 140 Å². The molecule has 3 heterocycles. The molecular formula is C19H20N4O. The fourth-order valence-electron chi connectivity index (χ4n) is 3.28. The molecule has 2 aromatic heterocycles. The topological polar surface area (TPSA) is 52.2 Å². The fraction of sp³-hybridized carbons (Fsp3) is 0.263. The van der Waals surface area contributed by atoms with Gasteiger partial charge >= 0.3 is 0 Å². The minimum atomic E-state index is 0.195. The largest absolute Gasteiger partial charge is 0.361 e. The molecule has 1 aliphatic rings. The lowest BCUT2D eigenvalue weighted by atomic mass is 10.1. The molecule has 1 saturated heterocycles. The van der Waals surface area contributed by atoms with E-state index in [9.17, 15) is 4.79 Å². The van der Waals surface area contributed by atoms with Crippen LogP contribution >= 0.6 is 0 Å². The minimum Gasteiger partial charge on any atom is -0.361 e. The molecule has 1 N–H and O–H groups in total. The predicted molar refractivity (Wildman–Crippen MR) is 95.0 cm³/mol. The van der Waals surface area contributed by atoms with Gasteiger partial charge < -0.3 is 14.8 Å². The van der Waals surface area contributed by atoms with E-state index in [1.807, 2.05) is 53.7 Å². The van der Waals surface area contributed by atoms with Gasteiger partial charge in [0.15, 0.2) is 0 Å². The van der Waals surface area contributed by atoms with Crippen molar-refractivity contribution in [3.8, 4) is 0 Å². The highest BCUT2D eigenvalue weighted by Gasteiger charge is 2.22. The van der Waals surface area contributed by atoms with Crippen LogP contribution in [0.5, 0.6) is 0 Å². The van der Waals surface area contributed by atoms with E-state index >= 15 is 0 Å². The number of benzene rings is 1. The van der Waals surface area contributed by atoms with Gasteiger partial charge in [-0.15, -0.1) is 0 Å². The maximum Gasteiger partial charge on any atom is 0.227 e. The summed E-state index contributed by atoms with van der Waals surface area (Å²) in [6.07, 6.45) is 4.21. The molecule has 4 rings (SSSR count). The average molecular weight is 320 g/mol. The normalized spacial score (nSPS) is 15.0. The molecule has 3 aromatic rings. The number of para-hydroxylation sites is 1. The van der Waals surface area contributed by atoms with Crippen molar-refractivity contribution in [3.05, 3.63) is 60.4 Å². The molecule has 0 unspecified atom stereocenters. The van der Waals surface area contributed by atoms with E-state index in [-0.39, 0.29) is 5.91 Å². The first kappa shape index (κ1) is 14.8.